The first-order valence-electron chi connectivity index (χ1n) is 7.34. The van der Waals surface area contributed by atoms with E-state index in [9.17, 15) is 14.0 Å². The van der Waals surface area contributed by atoms with E-state index in [1.165, 1.54) is 19.2 Å². The van der Waals surface area contributed by atoms with Crippen molar-refractivity contribution in [2.24, 2.45) is 0 Å². The summed E-state index contributed by atoms with van der Waals surface area (Å²) in [6, 6.07) is 8.89. The van der Waals surface area contributed by atoms with Crippen LogP contribution in [0.3, 0.4) is 0 Å². The number of hydrogen-bond donors (Lipinski definition) is 1. The van der Waals surface area contributed by atoms with Gasteiger partial charge in [-0.15, -0.1) is 0 Å². The number of hydrogen-bond acceptors (Lipinski definition) is 4. The number of ether oxygens (including phenoxy) is 1. The Hall–Kier alpha value is -2.93. The van der Waals surface area contributed by atoms with E-state index in [2.05, 4.69) is 10.3 Å². The molecule has 0 aliphatic rings. The maximum absolute atomic E-state index is 13.0. The van der Waals surface area contributed by atoms with Crippen LogP contribution in [0.2, 0.25) is 5.02 Å². The van der Waals surface area contributed by atoms with Gasteiger partial charge in [0.1, 0.15) is 11.5 Å². The van der Waals surface area contributed by atoms with Crippen LogP contribution in [0.1, 0.15) is 17.4 Å². The molecule has 0 unspecified atom stereocenters. The number of benzene rings is 1. The largest absolute Gasteiger partial charge is 0.448 e. The molecule has 8 heteroatoms. The summed E-state index contributed by atoms with van der Waals surface area (Å²) < 4.78 is 19.8. The maximum Gasteiger partial charge on any atom is 0.359 e. The van der Waals surface area contributed by atoms with Gasteiger partial charge in [0, 0.05) is 12.4 Å². The number of nitrogens with zero attached hydrogens (tertiary/aromatic N) is 2. The molecular formula is C17H13ClFN3O3. The number of pyridine rings is 1. The SMILES string of the molecule is C[C@@H](OC(=O)c1cn2ccccc2n1)C(=O)Nc1ccc(F)cc1Cl. The fraction of sp³-hybridized carbons (Fsp3) is 0.118. The number of rotatable bonds is 4. The summed E-state index contributed by atoms with van der Waals surface area (Å²) in [5.74, 6) is -1.84. The van der Waals surface area contributed by atoms with Gasteiger partial charge in [0.15, 0.2) is 11.8 Å². The molecule has 0 saturated heterocycles. The molecule has 2 aromatic heterocycles. The van der Waals surface area contributed by atoms with Crippen molar-refractivity contribution in [3.05, 3.63) is 65.3 Å². The first kappa shape index (κ1) is 16.9. The van der Waals surface area contributed by atoms with Crippen molar-refractivity contribution >= 4 is 34.8 Å². The van der Waals surface area contributed by atoms with Gasteiger partial charge in [0.05, 0.1) is 10.7 Å². The van der Waals surface area contributed by atoms with Gasteiger partial charge in [0.25, 0.3) is 5.91 Å². The van der Waals surface area contributed by atoms with E-state index in [0.29, 0.717) is 5.65 Å². The van der Waals surface area contributed by atoms with Gasteiger partial charge in [-0.05, 0) is 37.3 Å². The minimum absolute atomic E-state index is 0.0484. The fourth-order valence-electron chi connectivity index (χ4n) is 2.13. The molecule has 128 valence electrons. The number of esters is 1. The van der Waals surface area contributed by atoms with Gasteiger partial charge >= 0.3 is 5.97 Å². The first-order valence-corrected chi connectivity index (χ1v) is 7.72. The second-order valence-electron chi connectivity index (χ2n) is 5.25. The van der Waals surface area contributed by atoms with Crippen LogP contribution in [0.15, 0.2) is 48.8 Å². The monoisotopic (exact) mass is 361 g/mol. The Labute approximate surface area is 147 Å². The van der Waals surface area contributed by atoms with Crippen molar-refractivity contribution in [1.82, 2.24) is 9.38 Å². The van der Waals surface area contributed by atoms with Crippen LogP contribution >= 0.6 is 11.6 Å². The molecule has 6 nitrogen and oxygen atoms in total. The number of amides is 1. The highest BCUT2D eigenvalue weighted by Gasteiger charge is 2.21. The second-order valence-corrected chi connectivity index (χ2v) is 5.66. The topological polar surface area (TPSA) is 72.7 Å². The van der Waals surface area contributed by atoms with E-state index < -0.39 is 23.8 Å². The Morgan fingerprint density at radius 3 is 2.84 bits per heavy atom. The third-order valence-corrected chi connectivity index (χ3v) is 3.73. The molecule has 0 aliphatic heterocycles. The molecular weight excluding hydrogens is 349 g/mol. The summed E-state index contributed by atoms with van der Waals surface area (Å²) in [5.41, 5.74) is 0.902. The van der Waals surface area contributed by atoms with Gasteiger partial charge in [-0.25, -0.2) is 14.2 Å². The van der Waals surface area contributed by atoms with Gasteiger partial charge < -0.3 is 14.5 Å². The van der Waals surface area contributed by atoms with Crippen molar-refractivity contribution in [2.75, 3.05) is 5.32 Å². The molecule has 2 heterocycles. The molecule has 0 aliphatic carbocycles. The highest BCUT2D eigenvalue weighted by molar-refractivity contribution is 6.33. The standard InChI is InChI=1S/C17H13ClFN3O3/c1-10(16(23)21-13-6-5-11(19)8-12(13)18)25-17(24)14-9-22-7-3-2-4-15(22)20-14/h2-10H,1H3,(H,21,23)/t10-/m1/s1. The molecule has 1 aromatic carbocycles. The molecule has 3 aromatic rings. The van der Waals surface area contributed by atoms with Crippen LogP contribution in [-0.2, 0) is 9.53 Å². The number of halogens is 2. The smallest absolute Gasteiger partial charge is 0.359 e. The quantitative estimate of drug-likeness (QED) is 0.723. The number of carbonyl (C=O) groups is 2. The lowest BCUT2D eigenvalue weighted by Gasteiger charge is -2.13. The van der Waals surface area contributed by atoms with E-state index in [1.54, 1.807) is 28.8 Å². The molecule has 0 bridgehead atoms. The van der Waals surface area contributed by atoms with E-state index >= 15 is 0 Å². The lowest BCUT2D eigenvalue weighted by Crippen LogP contribution is -2.30. The average Bonchev–Trinajstić information content (AvgIpc) is 3.01. The minimum Gasteiger partial charge on any atom is -0.448 e. The van der Waals surface area contributed by atoms with Crippen LogP contribution in [0.25, 0.3) is 5.65 Å². The highest BCUT2D eigenvalue weighted by Crippen LogP contribution is 2.22. The van der Waals surface area contributed by atoms with E-state index in [4.69, 9.17) is 16.3 Å². The van der Waals surface area contributed by atoms with E-state index in [-0.39, 0.29) is 16.4 Å². The Kier molecular flexibility index (Phi) is 4.67. The Morgan fingerprint density at radius 2 is 2.12 bits per heavy atom. The summed E-state index contributed by atoms with van der Waals surface area (Å²) in [7, 11) is 0. The Balaban J connectivity index is 1.67. The fourth-order valence-corrected chi connectivity index (χ4v) is 2.35. The van der Waals surface area contributed by atoms with Gasteiger partial charge in [-0.2, -0.15) is 0 Å². The molecule has 1 N–H and O–H groups in total. The lowest BCUT2D eigenvalue weighted by atomic mass is 10.3. The number of imidazole rings is 1. The second kappa shape index (κ2) is 6.90. The Bertz CT molecular complexity index is 924. The molecule has 3 rings (SSSR count). The molecule has 25 heavy (non-hydrogen) atoms. The zero-order valence-corrected chi connectivity index (χ0v) is 13.8. The van der Waals surface area contributed by atoms with E-state index in [0.717, 1.165) is 12.1 Å². The van der Waals surface area contributed by atoms with Crippen LogP contribution in [0.5, 0.6) is 0 Å². The lowest BCUT2D eigenvalue weighted by molar-refractivity contribution is -0.123. The summed E-state index contributed by atoms with van der Waals surface area (Å²) in [4.78, 5) is 28.4. The van der Waals surface area contributed by atoms with Crippen LogP contribution in [0, 0.1) is 5.82 Å². The van der Waals surface area contributed by atoms with Gasteiger partial charge in [-0.1, -0.05) is 17.7 Å². The predicted molar refractivity (Wildman–Crippen MR) is 90.1 cm³/mol. The van der Waals surface area contributed by atoms with Crippen LogP contribution < -0.4 is 5.32 Å². The highest BCUT2D eigenvalue weighted by atomic mass is 35.5. The van der Waals surface area contributed by atoms with Crippen LogP contribution in [-0.4, -0.2) is 27.4 Å². The number of anilines is 1. The van der Waals surface area contributed by atoms with Crippen LogP contribution in [0.4, 0.5) is 10.1 Å². The van der Waals surface area contributed by atoms with Gasteiger partial charge in [-0.3, -0.25) is 4.79 Å². The summed E-state index contributed by atoms with van der Waals surface area (Å²) in [5, 5.41) is 2.53. The number of carbonyl (C=O) groups excluding carboxylic acids is 2. The normalized spacial score (nSPS) is 12.0. The first-order chi connectivity index (χ1) is 11.9. The third kappa shape index (κ3) is 3.77. The van der Waals surface area contributed by atoms with Gasteiger partial charge in [0.2, 0.25) is 0 Å². The molecule has 0 saturated carbocycles. The van der Waals surface area contributed by atoms with Crippen molar-refractivity contribution in [1.29, 1.82) is 0 Å². The number of nitrogens with one attached hydrogen (secondary N) is 1. The molecule has 0 spiro atoms. The zero-order chi connectivity index (χ0) is 18.0. The van der Waals surface area contributed by atoms with E-state index in [1.807, 2.05) is 0 Å². The molecule has 0 radical (unpaired) electrons. The summed E-state index contributed by atoms with van der Waals surface area (Å²) in [6.45, 7) is 1.42. The summed E-state index contributed by atoms with van der Waals surface area (Å²) >= 11 is 5.85. The minimum atomic E-state index is -1.08. The van der Waals surface area contributed by atoms with Crippen molar-refractivity contribution < 1.29 is 18.7 Å². The average molecular weight is 362 g/mol. The zero-order valence-electron chi connectivity index (χ0n) is 13.1. The number of aromatic nitrogens is 2. The number of fused-ring (bicyclic) bond motifs is 1. The summed E-state index contributed by atoms with van der Waals surface area (Å²) in [6.07, 6.45) is 2.17. The van der Waals surface area contributed by atoms with Crippen molar-refractivity contribution in [3.8, 4) is 0 Å². The van der Waals surface area contributed by atoms with Crippen molar-refractivity contribution in [3.63, 3.8) is 0 Å². The maximum atomic E-state index is 13.0. The molecule has 1 atom stereocenters. The molecule has 0 fully saturated rings. The third-order valence-electron chi connectivity index (χ3n) is 3.42. The Morgan fingerprint density at radius 1 is 1.32 bits per heavy atom. The predicted octanol–water partition coefficient (Wildman–Crippen LogP) is 3.31. The van der Waals surface area contributed by atoms with Crippen molar-refractivity contribution in [2.45, 2.75) is 13.0 Å². The molecule has 1 amide bonds.